The molecule has 1 aliphatic heterocycles. The van der Waals surface area contributed by atoms with Gasteiger partial charge in [-0.2, -0.15) is 0 Å². The van der Waals surface area contributed by atoms with E-state index in [1.807, 2.05) is 12.1 Å². The van der Waals surface area contributed by atoms with Crippen LogP contribution in [0.4, 0.5) is 0 Å². The first-order valence-corrected chi connectivity index (χ1v) is 6.71. The van der Waals surface area contributed by atoms with Gasteiger partial charge in [0.15, 0.2) is 0 Å². The Hall–Kier alpha value is -1.10. The Balaban J connectivity index is 1.84. The Labute approximate surface area is 115 Å². The molecule has 0 radical (unpaired) electrons. The van der Waals surface area contributed by atoms with Crippen LogP contribution in [0.25, 0.3) is 11.1 Å². The van der Waals surface area contributed by atoms with Gasteiger partial charge in [-0.3, -0.25) is 0 Å². The molecule has 2 aromatic carbocycles. The van der Waals surface area contributed by atoms with Crippen molar-refractivity contribution in [1.29, 1.82) is 0 Å². The fourth-order valence-corrected chi connectivity index (χ4v) is 2.29. The molecule has 3 rings (SSSR count). The van der Waals surface area contributed by atoms with Crippen LogP contribution in [0.5, 0.6) is 0 Å². The van der Waals surface area contributed by atoms with Crippen LogP contribution in [-0.2, 0) is 9.31 Å². The molecule has 4 heteroatoms. The van der Waals surface area contributed by atoms with E-state index in [9.17, 15) is 0 Å². The third-order valence-electron chi connectivity index (χ3n) is 2.98. The topological polar surface area (TPSA) is 18.5 Å². The zero-order chi connectivity index (χ0) is 12.4. The molecule has 0 amide bonds. The highest BCUT2D eigenvalue weighted by Crippen LogP contribution is 2.21. The molecule has 0 spiro atoms. The van der Waals surface area contributed by atoms with Crippen molar-refractivity contribution in [2.75, 3.05) is 13.2 Å². The standard InChI is InChI=1S/C14H12BBrO2/c16-14-7-3-12(4-8-14)11-1-5-13(6-2-11)15-17-9-10-18-15/h1-8H,9-10H2. The van der Waals surface area contributed by atoms with E-state index in [0.29, 0.717) is 13.2 Å². The molecule has 0 unspecified atom stereocenters. The van der Waals surface area contributed by atoms with Gasteiger partial charge in [0.05, 0.1) is 13.2 Å². The summed E-state index contributed by atoms with van der Waals surface area (Å²) < 4.78 is 12.0. The van der Waals surface area contributed by atoms with Gasteiger partial charge >= 0.3 is 7.12 Å². The van der Waals surface area contributed by atoms with Gasteiger partial charge < -0.3 is 9.31 Å². The molecule has 0 atom stereocenters. The molecule has 2 nitrogen and oxygen atoms in total. The molecule has 1 aliphatic rings. The summed E-state index contributed by atoms with van der Waals surface area (Å²) in [6, 6.07) is 16.6. The van der Waals surface area contributed by atoms with Crippen LogP contribution in [0.2, 0.25) is 0 Å². The summed E-state index contributed by atoms with van der Waals surface area (Å²) in [6.45, 7) is 1.36. The monoisotopic (exact) mass is 302 g/mol. The largest absolute Gasteiger partial charge is 0.494 e. The average Bonchev–Trinajstić information content (AvgIpc) is 2.94. The van der Waals surface area contributed by atoms with E-state index < -0.39 is 0 Å². The lowest BCUT2D eigenvalue weighted by Crippen LogP contribution is -2.31. The van der Waals surface area contributed by atoms with Crippen molar-refractivity contribution in [3.8, 4) is 11.1 Å². The van der Waals surface area contributed by atoms with Crippen molar-refractivity contribution >= 4 is 28.5 Å². The highest BCUT2D eigenvalue weighted by atomic mass is 79.9. The molecule has 0 bridgehead atoms. The van der Waals surface area contributed by atoms with Gasteiger partial charge in [-0.1, -0.05) is 52.3 Å². The van der Waals surface area contributed by atoms with Crippen LogP contribution in [0, 0.1) is 0 Å². The van der Waals surface area contributed by atoms with Gasteiger partial charge in [0.1, 0.15) is 0 Å². The van der Waals surface area contributed by atoms with E-state index in [1.165, 1.54) is 11.1 Å². The molecular weight excluding hydrogens is 291 g/mol. The fraction of sp³-hybridized carbons (Fsp3) is 0.143. The maximum absolute atomic E-state index is 5.47. The lowest BCUT2D eigenvalue weighted by Gasteiger charge is -2.06. The van der Waals surface area contributed by atoms with Crippen LogP contribution in [-0.4, -0.2) is 20.3 Å². The molecule has 0 aliphatic carbocycles. The second kappa shape index (κ2) is 5.27. The lowest BCUT2D eigenvalue weighted by atomic mass is 9.79. The molecule has 0 saturated carbocycles. The first-order valence-electron chi connectivity index (χ1n) is 5.92. The normalized spacial score (nSPS) is 15.1. The van der Waals surface area contributed by atoms with Crippen molar-refractivity contribution in [3.05, 3.63) is 53.0 Å². The van der Waals surface area contributed by atoms with Crippen LogP contribution in [0.3, 0.4) is 0 Å². The van der Waals surface area contributed by atoms with Gasteiger partial charge in [-0.15, -0.1) is 0 Å². The number of halogens is 1. The summed E-state index contributed by atoms with van der Waals surface area (Å²) in [7, 11) is -0.191. The predicted molar refractivity (Wildman–Crippen MR) is 76.9 cm³/mol. The smallest absolute Gasteiger partial charge is 0.405 e. The number of rotatable bonds is 2. The SMILES string of the molecule is Brc1ccc(-c2ccc(B3OCCO3)cc2)cc1. The second-order valence-corrected chi connectivity index (χ2v) is 5.12. The van der Waals surface area contributed by atoms with Crippen LogP contribution < -0.4 is 5.46 Å². The van der Waals surface area contributed by atoms with Crippen molar-refractivity contribution < 1.29 is 9.31 Å². The Bertz CT molecular complexity index is 518. The van der Waals surface area contributed by atoms with Crippen molar-refractivity contribution in [3.63, 3.8) is 0 Å². The lowest BCUT2D eigenvalue weighted by molar-refractivity contribution is 0.365. The summed E-state index contributed by atoms with van der Waals surface area (Å²) >= 11 is 3.44. The highest BCUT2D eigenvalue weighted by Gasteiger charge is 2.25. The summed E-state index contributed by atoms with van der Waals surface area (Å²) in [5, 5.41) is 0. The maximum atomic E-state index is 5.47. The van der Waals surface area contributed by atoms with E-state index in [2.05, 4.69) is 52.3 Å². The van der Waals surface area contributed by atoms with E-state index in [-0.39, 0.29) is 7.12 Å². The Morgan fingerprint density at radius 1 is 0.778 bits per heavy atom. The third-order valence-corrected chi connectivity index (χ3v) is 3.51. The van der Waals surface area contributed by atoms with Crippen LogP contribution in [0.15, 0.2) is 53.0 Å². The van der Waals surface area contributed by atoms with Crippen molar-refractivity contribution in [2.45, 2.75) is 0 Å². The minimum Gasteiger partial charge on any atom is -0.405 e. The van der Waals surface area contributed by atoms with E-state index in [0.717, 1.165) is 9.94 Å². The Kier molecular flexibility index (Phi) is 3.50. The highest BCUT2D eigenvalue weighted by molar-refractivity contribution is 9.10. The molecule has 1 saturated heterocycles. The van der Waals surface area contributed by atoms with Gasteiger partial charge in [0.2, 0.25) is 0 Å². The van der Waals surface area contributed by atoms with Crippen molar-refractivity contribution in [2.24, 2.45) is 0 Å². The number of benzene rings is 2. The number of hydrogen-bond donors (Lipinski definition) is 0. The molecule has 1 heterocycles. The quantitative estimate of drug-likeness (QED) is 0.794. The molecule has 0 N–H and O–H groups in total. The van der Waals surface area contributed by atoms with Gasteiger partial charge in [-0.25, -0.2) is 0 Å². The first-order chi connectivity index (χ1) is 8.83. The minimum absolute atomic E-state index is 0.191. The van der Waals surface area contributed by atoms with E-state index in [1.54, 1.807) is 0 Å². The second-order valence-electron chi connectivity index (χ2n) is 4.20. The molecule has 18 heavy (non-hydrogen) atoms. The summed E-state index contributed by atoms with van der Waals surface area (Å²) in [6.07, 6.45) is 0. The molecule has 90 valence electrons. The minimum atomic E-state index is -0.191. The van der Waals surface area contributed by atoms with Crippen LogP contribution >= 0.6 is 15.9 Å². The fourth-order valence-electron chi connectivity index (χ4n) is 2.03. The van der Waals surface area contributed by atoms with Gasteiger partial charge in [-0.05, 0) is 28.7 Å². The Morgan fingerprint density at radius 3 is 1.83 bits per heavy atom. The van der Waals surface area contributed by atoms with E-state index >= 15 is 0 Å². The van der Waals surface area contributed by atoms with Gasteiger partial charge in [0, 0.05) is 4.47 Å². The number of hydrogen-bond acceptors (Lipinski definition) is 2. The zero-order valence-corrected chi connectivity index (χ0v) is 11.4. The predicted octanol–water partition coefficient (Wildman–Crippen LogP) is 2.86. The van der Waals surface area contributed by atoms with Gasteiger partial charge in [0.25, 0.3) is 0 Å². The maximum Gasteiger partial charge on any atom is 0.494 e. The molecule has 0 aromatic heterocycles. The van der Waals surface area contributed by atoms with E-state index in [4.69, 9.17) is 9.31 Å². The van der Waals surface area contributed by atoms with Crippen LogP contribution in [0.1, 0.15) is 0 Å². The third kappa shape index (κ3) is 2.51. The zero-order valence-electron chi connectivity index (χ0n) is 9.80. The summed E-state index contributed by atoms with van der Waals surface area (Å²) in [5.41, 5.74) is 3.48. The van der Waals surface area contributed by atoms with Crippen molar-refractivity contribution in [1.82, 2.24) is 0 Å². The summed E-state index contributed by atoms with van der Waals surface area (Å²) in [4.78, 5) is 0. The Morgan fingerprint density at radius 2 is 1.28 bits per heavy atom. The molecule has 2 aromatic rings. The first kappa shape index (κ1) is 12.0. The summed E-state index contributed by atoms with van der Waals surface area (Å²) in [5.74, 6) is 0. The average molecular weight is 303 g/mol. The molecule has 1 fully saturated rings. The molecular formula is C14H12BBrO2.